The monoisotopic (exact) mass is 768 g/mol. The minimum atomic E-state index is -1.35. The first-order chi connectivity index (χ1) is 28.0. The highest BCUT2D eigenvalue weighted by Crippen LogP contribution is 2.42. The van der Waals surface area contributed by atoms with E-state index in [0.29, 0.717) is 0 Å². The van der Waals surface area contributed by atoms with Crippen LogP contribution in [0.2, 0.25) is 0 Å². The van der Waals surface area contributed by atoms with Gasteiger partial charge in [-0.25, -0.2) is 9.59 Å². The molecule has 5 atom stereocenters. The third-order valence-corrected chi connectivity index (χ3v) is 9.20. The predicted molar refractivity (Wildman–Crippen MR) is 209 cm³/mol. The van der Waals surface area contributed by atoms with Crippen LogP contribution in [0.25, 0.3) is 20.9 Å². The molecule has 0 radical (unpaired) electrons. The summed E-state index contributed by atoms with van der Waals surface area (Å²) in [6.45, 7) is -0.630. The molecule has 0 amide bonds. The fourth-order valence-electron chi connectivity index (χ4n) is 6.64. The van der Waals surface area contributed by atoms with Gasteiger partial charge in [0.2, 0.25) is 0 Å². The molecule has 14 nitrogen and oxygen atoms in total. The molecule has 1 aliphatic heterocycles. The number of carbonyl (C=O) groups is 2. The van der Waals surface area contributed by atoms with E-state index in [0.717, 1.165) is 16.7 Å². The van der Waals surface area contributed by atoms with Crippen LogP contribution < -0.4 is 0 Å². The van der Waals surface area contributed by atoms with Crippen molar-refractivity contribution < 1.29 is 38.0 Å². The number of esters is 2. The number of azide groups is 2. The summed E-state index contributed by atoms with van der Waals surface area (Å²) in [5, 5.41) is 7.18. The average molecular weight is 769 g/mol. The van der Waals surface area contributed by atoms with E-state index in [1.54, 1.807) is 60.7 Å². The first-order valence-corrected chi connectivity index (χ1v) is 18.3. The van der Waals surface area contributed by atoms with E-state index in [1.165, 1.54) is 0 Å². The molecule has 57 heavy (non-hydrogen) atoms. The second-order valence-electron chi connectivity index (χ2n) is 12.7. The first kappa shape index (κ1) is 40.2. The molecule has 1 fully saturated rings. The molecule has 1 aliphatic rings. The fourth-order valence-corrected chi connectivity index (χ4v) is 6.64. The summed E-state index contributed by atoms with van der Waals surface area (Å²) >= 11 is 0. The normalized spacial score (nSPS) is 19.0. The second-order valence-corrected chi connectivity index (χ2v) is 12.7. The smallest absolute Gasteiger partial charge is 0.338 e. The predicted octanol–water partition coefficient (Wildman–Crippen LogP) is 8.19. The van der Waals surface area contributed by atoms with Crippen molar-refractivity contribution in [3.8, 4) is 0 Å². The minimum absolute atomic E-state index is 0.0646. The van der Waals surface area contributed by atoms with E-state index in [2.05, 4.69) is 20.1 Å². The van der Waals surface area contributed by atoms with Crippen LogP contribution >= 0.6 is 0 Å². The highest BCUT2D eigenvalue weighted by atomic mass is 16.7. The summed E-state index contributed by atoms with van der Waals surface area (Å²) < 4.78 is 38.6. The number of nitrogens with zero attached hydrogens (tertiary/aromatic N) is 6. The maximum Gasteiger partial charge on any atom is 0.338 e. The van der Waals surface area contributed by atoms with E-state index >= 15 is 0 Å². The van der Waals surface area contributed by atoms with Crippen molar-refractivity contribution in [3.63, 3.8) is 0 Å². The van der Waals surface area contributed by atoms with Gasteiger partial charge in [0, 0.05) is 22.9 Å². The van der Waals surface area contributed by atoms with E-state index in [9.17, 15) is 9.59 Å². The molecule has 5 aromatic carbocycles. The zero-order valence-electron chi connectivity index (χ0n) is 30.8. The Balaban J connectivity index is 1.46. The highest BCUT2D eigenvalue weighted by molar-refractivity contribution is 5.90. The Morgan fingerprint density at radius 3 is 1.40 bits per heavy atom. The Morgan fingerprint density at radius 1 is 0.561 bits per heavy atom. The lowest BCUT2D eigenvalue weighted by Gasteiger charge is -2.46. The summed E-state index contributed by atoms with van der Waals surface area (Å²) in [6.07, 6.45) is -6.33. The van der Waals surface area contributed by atoms with E-state index in [4.69, 9.17) is 39.5 Å². The zero-order chi connectivity index (χ0) is 39.7. The van der Waals surface area contributed by atoms with Crippen LogP contribution in [0, 0.1) is 0 Å². The molecule has 0 aromatic heterocycles. The van der Waals surface area contributed by atoms with Crippen LogP contribution in [-0.4, -0.2) is 75.6 Å². The maximum absolute atomic E-state index is 13.9. The third kappa shape index (κ3) is 10.0. The summed E-state index contributed by atoms with van der Waals surface area (Å²) in [6, 6.07) is 45.8. The van der Waals surface area contributed by atoms with Crippen LogP contribution in [0.15, 0.2) is 162 Å². The largest absolute Gasteiger partial charge is 0.453 e. The number of hydrogen-bond donors (Lipinski definition) is 0. The van der Waals surface area contributed by atoms with Crippen molar-refractivity contribution in [2.45, 2.75) is 36.3 Å². The van der Waals surface area contributed by atoms with E-state index < -0.39 is 48.2 Å². The Hall–Kier alpha value is -6.50. The third-order valence-electron chi connectivity index (χ3n) is 9.20. The van der Waals surface area contributed by atoms with Gasteiger partial charge in [0.15, 0.2) is 18.5 Å². The topological polar surface area (TPSA) is 187 Å². The van der Waals surface area contributed by atoms with E-state index in [1.807, 2.05) is 91.0 Å². The van der Waals surface area contributed by atoms with Gasteiger partial charge >= 0.3 is 11.9 Å². The molecule has 0 bridgehead atoms. The van der Waals surface area contributed by atoms with Crippen molar-refractivity contribution in [2.75, 3.05) is 32.9 Å². The van der Waals surface area contributed by atoms with Gasteiger partial charge in [-0.15, -0.1) is 0 Å². The van der Waals surface area contributed by atoms with Crippen molar-refractivity contribution in [1.82, 2.24) is 0 Å². The van der Waals surface area contributed by atoms with Gasteiger partial charge in [-0.2, -0.15) is 0 Å². The summed E-state index contributed by atoms with van der Waals surface area (Å²) in [4.78, 5) is 33.2. The number of benzene rings is 5. The lowest BCUT2D eigenvalue weighted by molar-refractivity contribution is -0.309. The van der Waals surface area contributed by atoms with Crippen LogP contribution in [-0.2, 0) is 34.0 Å². The number of ether oxygens (including phenoxy) is 6. The molecule has 1 saturated heterocycles. The zero-order valence-corrected chi connectivity index (χ0v) is 30.8. The number of rotatable bonds is 18. The Labute approximate surface area is 329 Å². The summed E-state index contributed by atoms with van der Waals surface area (Å²) in [5.41, 5.74) is 19.7. The van der Waals surface area contributed by atoms with Crippen LogP contribution in [0.4, 0.5) is 0 Å². The molecule has 14 heteroatoms. The maximum atomic E-state index is 13.9. The van der Waals surface area contributed by atoms with Gasteiger partial charge in [-0.05, 0) is 52.0 Å². The minimum Gasteiger partial charge on any atom is -0.453 e. The molecule has 0 N–H and O–H groups in total. The average Bonchev–Trinajstić information content (AvgIpc) is 3.27. The van der Waals surface area contributed by atoms with Crippen molar-refractivity contribution in [1.29, 1.82) is 0 Å². The van der Waals surface area contributed by atoms with Gasteiger partial charge in [0.1, 0.15) is 17.8 Å². The van der Waals surface area contributed by atoms with Crippen LogP contribution in [0.3, 0.4) is 0 Å². The number of carbonyl (C=O) groups excluding carboxylic acids is 2. The summed E-state index contributed by atoms with van der Waals surface area (Å²) in [7, 11) is 0. The lowest BCUT2D eigenvalue weighted by atomic mass is 9.80. The first-order valence-electron chi connectivity index (χ1n) is 18.3. The van der Waals surface area contributed by atoms with Crippen molar-refractivity contribution in [3.05, 3.63) is 200 Å². The number of hydrogen-bond acceptors (Lipinski definition) is 10. The molecular weight excluding hydrogens is 729 g/mol. The van der Waals surface area contributed by atoms with Gasteiger partial charge in [0.05, 0.1) is 30.9 Å². The van der Waals surface area contributed by atoms with Crippen LogP contribution in [0.1, 0.15) is 37.4 Å². The molecule has 0 unspecified atom stereocenters. The molecule has 0 aliphatic carbocycles. The lowest BCUT2D eigenvalue weighted by Crippen LogP contribution is -2.63. The van der Waals surface area contributed by atoms with Crippen molar-refractivity contribution in [2.24, 2.45) is 10.2 Å². The standard InChI is InChI=1S/C43H40N6O8/c44-48-46-26-28-52-38-37(56-40(50)31-16-6-1-7-17-31)36(55-42(53-29-27-47-49-45)39(38)57-41(51)32-18-8-2-9-19-32)30-54-43(33-20-10-3-11-21-33,34-22-12-4-13-23-34)35-24-14-5-15-25-35/h1-25,36-39,42H,26-30H2/t36-,37-,38+,39+,42+/m1/s1. The van der Waals surface area contributed by atoms with Crippen molar-refractivity contribution >= 4 is 11.9 Å². The Morgan fingerprint density at radius 2 is 0.965 bits per heavy atom. The molecule has 0 spiro atoms. The summed E-state index contributed by atoms with van der Waals surface area (Å²) in [5.74, 6) is -1.43. The second kappa shape index (κ2) is 20.4. The quantitative estimate of drug-likeness (QED) is 0.0213. The Bertz CT molecular complexity index is 2020. The van der Waals surface area contributed by atoms with Gasteiger partial charge in [-0.1, -0.05) is 138 Å². The SMILES string of the molecule is [N-]=[N+]=NCCO[C@H]1O[C@H](COC(c2ccccc2)(c2ccccc2)c2ccccc2)[C@@H](OC(=O)c2ccccc2)[C@H](OCCN=[N+]=[N-])[C@@H]1OC(=O)c1ccccc1. The molecule has 5 aromatic rings. The molecule has 1 heterocycles. The van der Waals surface area contributed by atoms with Crippen LogP contribution in [0.5, 0.6) is 0 Å². The van der Waals surface area contributed by atoms with Gasteiger partial charge in [-0.3, -0.25) is 0 Å². The van der Waals surface area contributed by atoms with Gasteiger partial charge in [0.25, 0.3) is 0 Å². The molecular formula is C43H40N6O8. The fraction of sp³-hybridized carbons (Fsp3) is 0.256. The molecule has 0 saturated carbocycles. The molecule has 6 rings (SSSR count). The molecule has 290 valence electrons. The van der Waals surface area contributed by atoms with E-state index in [-0.39, 0.29) is 44.0 Å². The highest BCUT2D eigenvalue weighted by Gasteiger charge is 2.53. The van der Waals surface area contributed by atoms with Gasteiger partial charge < -0.3 is 28.4 Å². The Kier molecular flexibility index (Phi) is 14.4.